The van der Waals surface area contributed by atoms with Gasteiger partial charge in [-0.05, 0) is 12.0 Å². The average molecular weight is 265 g/mol. The van der Waals surface area contributed by atoms with Gasteiger partial charge < -0.3 is 15.2 Å². The molecule has 0 aliphatic heterocycles. The van der Waals surface area contributed by atoms with Gasteiger partial charge >= 0.3 is 0 Å². The van der Waals surface area contributed by atoms with E-state index in [1.54, 1.807) is 0 Å². The van der Waals surface area contributed by atoms with Crippen molar-refractivity contribution in [3.63, 3.8) is 0 Å². The molecule has 0 unspecified atom stereocenters. The van der Waals surface area contributed by atoms with E-state index in [4.69, 9.17) is 0 Å². The zero-order valence-electron chi connectivity index (χ0n) is 11.4. The van der Waals surface area contributed by atoms with Gasteiger partial charge in [-0.2, -0.15) is 0 Å². The molecule has 1 aromatic heterocycles. The molecule has 2 N–H and O–H groups in total. The number of nitrogens with one attached hydrogen (secondary N) is 2. The number of rotatable bonds is 5. The second-order valence-corrected chi connectivity index (χ2v) is 4.79. The summed E-state index contributed by atoms with van der Waals surface area (Å²) in [6.07, 6.45) is 0. The van der Waals surface area contributed by atoms with Crippen LogP contribution in [-0.2, 0) is 4.79 Å². The Bertz CT molecular complexity index is 508. The second kappa shape index (κ2) is 6.72. The minimum absolute atomic E-state index is 0.0392. The fraction of sp³-hybridized carbons (Fsp3) is 0.462. The third-order valence-electron chi connectivity index (χ3n) is 2.43. The Morgan fingerprint density at radius 2 is 2.05 bits per heavy atom. The van der Waals surface area contributed by atoms with E-state index < -0.39 is 5.91 Å². The fourth-order valence-corrected chi connectivity index (χ4v) is 1.44. The zero-order valence-corrected chi connectivity index (χ0v) is 11.4. The lowest BCUT2D eigenvalue weighted by molar-refractivity contribution is -0.121. The van der Waals surface area contributed by atoms with Gasteiger partial charge in [-0.15, -0.1) is 0 Å². The van der Waals surface area contributed by atoms with Crippen molar-refractivity contribution in [2.24, 2.45) is 5.92 Å². The van der Waals surface area contributed by atoms with Crippen LogP contribution in [-0.4, -0.2) is 41.8 Å². The number of amides is 2. The lowest BCUT2D eigenvalue weighted by Crippen LogP contribution is -2.40. The summed E-state index contributed by atoms with van der Waals surface area (Å²) >= 11 is 0. The molecule has 2 amide bonds. The molecular weight excluding hydrogens is 246 g/mol. The van der Waals surface area contributed by atoms with Crippen LogP contribution in [0.15, 0.2) is 23.0 Å². The quantitative estimate of drug-likeness (QED) is 0.799. The number of aromatic amines is 1. The van der Waals surface area contributed by atoms with Gasteiger partial charge in [0.25, 0.3) is 5.91 Å². The number of carbonyl (C=O) groups excluding carboxylic acids is 2. The van der Waals surface area contributed by atoms with Crippen molar-refractivity contribution in [2.45, 2.75) is 13.8 Å². The van der Waals surface area contributed by atoms with E-state index in [1.807, 2.05) is 13.8 Å². The highest BCUT2D eigenvalue weighted by Crippen LogP contribution is 1.97. The first-order chi connectivity index (χ1) is 8.90. The predicted molar refractivity (Wildman–Crippen MR) is 71.9 cm³/mol. The summed E-state index contributed by atoms with van der Waals surface area (Å²) in [5.74, 6) is -0.254. The van der Waals surface area contributed by atoms with Gasteiger partial charge in [0.05, 0.1) is 6.54 Å². The van der Waals surface area contributed by atoms with Crippen molar-refractivity contribution >= 4 is 11.8 Å². The summed E-state index contributed by atoms with van der Waals surface area (Å²) < 4.78 is 0. The topological polar surface area (TPSA) is 82.3 Å². The maximum atomic E-state index is 11.9. The summed E-state index contributed by atoms with van der Waals surface area (Å²) in [6.45, 7) is 4.51. The van der Waals surface area contributed by atoms with E-state index in [1.165, 1.54) is 30.1 Å². The Balaban J connectivity index is 2.58. The van der Waals surface area contributed by atoms with E-state index in [2.05, 4.69) is 10.3 Å². The second-order valence-electron chi connectivity index (χ2n) is 4.79. The first kappa shape index (κ1) is 14.9. The molecule has 104 valence electrons. The molecule has 0 saturated carbocycles. The van der Waals surface area contributed by atoms with Crippen molar-refractivity contribution in [1.29, 1.82) is 0 Å². The van der Waals surface area contributed by atoms with Crippen LogP contribution in [0.4, 0.5) is 0 Å². The van der Waals surface area contributed by atoms with E-state index in [-0.39, 0.29) is 23.7 Å². The van der Waals surface area contributed by atoms with Gasteiger partial charge in [-0.1, -0.05) is 19.9 Å². The van der Waals surface area contributed by atoms with Crippen molar-refractivity contribution < 1.29 is 9.59 Å². The first-order valence-corrected chi connectivity index (χ1v) is 6.11. The highest BCUT2D eigenvalue weighted by Gasteiger charge is 2.15. The Kier molecular flexibility index (Phi) is 5.29. The van der Waals surface area contributed by atoms with Crippen molar-refractivity contribution in [1.82, 2.24) is 15.2 Å². The summed E-state index contributed by atoms with van der Waals surface area (Å²) in [4.78, 5) is 38.3. The maximum Gasteiger partial charge on any atom is 0.270 e. The molecule has 19 heavy (non-hydrogen) atoms. The van der Waals surface area contributed by atoms with Crippen LogP contribution in [0.25, 0.3) is 0 Å². The fourth-order valence-electron chi connectivity index (χ4n) is 1.44. The van der Waals surface area contributed by atoms with Gasteiger partial charge in [-0.3, -0.25) is 14.4 Å². The number of H-pyrrole nitrogens is 1. The van der Waals surface area contributed by atoms with E-state index in [0.29, 0.717) is 12.5 Å². The Morgan fingerprint density at radius 1 is 1.37 bits per heavy atom. The van der Waals surface area contributed by atoms with Gasteiger partial charge in [0, 0.05) is 19.7 Å². The van der Waals surface area contributed by atoms with Crippen LogP contribution in [0.3, 0.4) is 0 Å². The number of hydrogen-bond donors (Lipinski definition) is 2. The Morgan fingerprint density at radius 3 is 2.63 bits per heavy atom. The van der Waals surface area contributed by atoms with Gasteiger partial charge in [-0.25, -0.2) is 0 Å². The monoisotopic (exact) mass is 265 g/mol. The Labute approximate surface area is 111 Å². The SMILES string of the molecule is CC(C)CNC(=O)CN(C)C(=O)c1cccc(=O)[nH]1. The van der Waals surface area contributed by atoms with E-state index >= 15 is 0 Å². The third-order valence-corrected chi connectivity index (χ3v) is 2.43. The van der Waals surface area contributed by atoms with Crippen LogP contribution in [0.2, 0.25) is 0 Å². The standard InChI is InChI=1S/C13H19N3O3/c1-9(2)7-14-12(18)8-16(3)13(19)10-5-4-6-11(17)15-10/h4-6,9H,7-8H2,1-3H3,(H,14,18)(H,15,17). The van der Waals surface area contributed by atoms with Gasteiger partial charge in [0.1, 0.15) is 5.69 Å². The first-order valence-electron chi connectivity index (χ1n) is 6.11. The minimum Gasteiger partial charge on any atom is -0.354 e. The number of likely N-dealkylation sites (N-methyl/N-ethyl adjacent to an activating group) is 1. The van der Waals surface area contributed by atoms with Crippen LogP contribution in [0.5, 0.6) is 0 Å². The molecule has 0 aromatic carbocycles. The summed E-state index contributed by atoms with van der Waals surface area (Å²) in [5.41, 5.74) is -0.171. The number of hydrogen-bond acceptors (Lipinski definition) is 3. The molecule has 0 aliphatic rings. The molecule has 0 saturated heterocycles. The van der Waals surface area contributed by atoms with Crippen LogP contribution < -0.4 is 10.9 Å². The molecular formula is C13H19N3O3. The molecule has 0 radical (unpaired) electrons. The highest BCUT2D eigenvalue weighted by molar-refractivity contribution is 5.94. The Hall–Kier alpha value is -2.11. The van der Waals surface area contributed by atoms with Crippen molar-refractivity contribution in [3.8, 4) is 0 Å². The largest absolute Gasteiger partial charge is 0.354 e. The summed E-state index contributed by atoms with van der Waals surface area (Å²) in [5, 5.41) is 2.73. The molecule has 0 spiro atoms. The highest BCUT2D eigenvalue weighted by atomic mass is 16.2. The normalized spacial score (nSPS) is 10.3. The van der Waals surface area contributed by atoms with Crippen LogP contribution in [0, 0.1) is 5.92 Å². The summed E-state index contributed by atoms with van der Waals surface area (Å²) in [6, 6.07) is 4.33. The van der Waals surface area contributed by atoms with Gasteiger partial charge in [0.2, 0.25) is 11.5 Å². The molecule has 1 heterocycles. The molecule has 0 aliphatic carbocycles. The van der Waals surface area contributed by atoms with E-state index in [9.17, 15) is 14.4 Å². The number of carbonyl (C=O) groups is 2. The number of pyridine rings is 1. The van der Waals surface area contributed by atoms with Gasteiger partial charge in [0.15, 0.2) is 0 Å². The summed E-state index contributed by atoms with van der Waals surface area (Å²) in [7, 11) is 1.52. The maximum absolute atomic E-state index is 11.9. The molecule has 6 nitrogen and oxygen atoms in total. The van der Waals surface area contributed by atoms with Crippen LogP contribution >= 0.6 is 0 Å². The third kappa shape index (κ3) is 4.95. The minimum atomic E-state index is -0.391. The average Bonchev–Trinajstić information content (AvgIpc) is 2.35. The zero-order chi connectivity index (χ0) is 14.4. The number of aromatic nitrogens is 1. The lowest BCUT2D eigenvalue weighted by atomic mass is 10.2. The lowest BCUT2D eigenvalue weighted by Gasteiger charge is -2.17. The van der Waals surface area contributed by atoms with Crippen molar-refractivity contribution in [3.05, 3.63) is 34.2 Å². The van der Waals surface area contributed by atoms with Crippen molar-refractivity contribution in [2.75, 3.05) is 20.1 Å². The smallest absolute Gasteiger partial charge is 0.270 e. The molecule has 0 bridgehead atoms. The predicted octanol–water partition coefficient (Wildman–Crippen LogP) is 0.219. The molecule has 1 rings (SSSR count). The van der Waals surface area contributed by atoms with E-state index in [0.717, 1.165) is 0 Å². The molecule has 0 atom stereocenters. The number of nitrogens with zero attached hydrogens (tertiary/aromatic N) is 1. The molecule has 0 fully saturated rings. The molecule has 1 aromatic rings. The van der Waals surface area contributed by atoms with Crippen LogP contribution in [0.1, 0.15) is 24.3 Å². The molecule has 6 heteroatoms.